The summed E-state index contributed by atoms with van der Waals surface area (Å²) in [5.41, 5.74) is 7.67. The van der Waals surface area contributed by atoms with Gasteiger partial charge in [0.25, 0.3) is 0 Å². The lowest BCUT2D eigenvalue weighted by Gasteiger charge is -2.38. The summed E-state index contributed by atoms with van der Waals surface area (Å²) in [4.78, 5) is 0. The van der Waals surface area contributed by atoms with Crippen molar-refractivity contribution in [2.24, 2.45) is 11.7 Å². The summed E-state index contributed by atoms with van der Waals surface area (Å²) < 4.78 is 0. The Morgan fingerprint density at radius 2 is 2.31 bits per heavy atom. The molecule has 0 aromatic carbocycles. The second-order valence-electron chi connectivity index (χ2n) is 4.87. The van der Waals surface area contributed by atoms with Crippen molar-refractivity contribution in [2.45, 2.75) is 57.9 Å². The van der Waals surface area contributed by atoms with Gasteiger partial charge in [-0.3, -0.25) is 0 Å². The fourth-order valence-corrected chi connectivity index (χ4v) is 2.63. The Labute approximate surface area is 82.4 Å². The molecule has 0 heterocycles. The molecule has 1 heteroatoms. The second kappa shape index (κ2) is 4.28. The number of rotatable bonds is 3. The standard InChI is InChI=1S/C12H23N/c1-4-11-6-5-7-12(13,9-11)8-10(2)3/h11H,2,4-9,13H2,1,3H3. The highest BCUT2D eigenvalue weighted by atomic mass is 14.7. The first kappa shape index (κ1) is 10.8. The van der Waals surface area contributed by atoms with Gasteiger partial charge in [-0.25, -0.2) is 0 Å². The van der Waals surface area contributed by atoms with Crippen molar-refractivity contribution >= 4 is 0 Å². The van der Waals surface area contributed by atoms with E-state index in [0.29, 0.717) is 0 Å². The van der Waals surface area contributed by atoms with E-state index in [-0.39, 0.29) is 5.54 Å². The molecule has 1 saturated carbocycles. The molecule has 2 N–H and O–H groups in total. The predicted molar refractivity (Wildman–Crippen MR) is 58.6 cm³/mol. The lowest BCUT2D eigenvalue weighted by molar-refractivity contribution is 0.218. The van der Waals surface area contributed by atoms with Crippen LogP contribution in [0.1, 0.15) is 52.4 Å². The molecule has 76 valence electrons. The molecule has 1 aliphatic rings. The topological polar surface area (TPSA) is 26.0 Å². The van der Waals surface area contributed by atoms with E-state index in [1.165, 1.54) is 37.7 Å². The van der Waals surface area contributed by atoms with E-state index in [2.05, 4.69) is 20.4 Å². The van der Waals surface area contributed by atoms with Crippen molar-refractivity contribution in [3.8, 4) is 0 Å². The van der Waals surface area contributed by atoms with E-state index in [1.807, 2.05) is 0 Å². The van der Waals surface area contributed by atoms with Crippen molar-refractivity contribution in [1.29, 1.82) is 0 Å². The van der Waals surface area contributed by atoms with Crippen LogP contribution in [0.25, 0.3) is 0 Å². The highest BCUT2D eigenvalue weighted by Crippen LogP contribution is 2.35. The van der Waals surface area contributed by atoms with Crippen molar-refractivity contribution in [2.75, 3.05) is 0 Å². The summed E-state index contributed by atoms with van der Waals surface area (Å²) in [6.45, 7) is 8.33. The monoisotopic (exact) mass is 181 g/mol. The average Bonchev–Trinajstić information content (AvgIpc) is 2.02. The number of nitrogens with two attached hydrogens (primary N) is 1. The van der Waals surface area contributed by atoms with E-state index in [9.17, 15) is 0 Å². The summed E-state index contributed by atoms with van der Waals surface area (Å²) in [5.74, 6) is 0.859. The summed E-state index contributed by atoms with van der Waals surface area (Å²) in [6, 6.07) is 0. The Morgan fingerprint density at radius 1 is 1.62 bits per heavy atom. The molecular formula is C12H23N. The minimum Gasteiger partial charge on any atom is -0.325 e. The zero-order valence-electron chi connectivity index (χ0n) is 9.10. The molecule has 0 aromatic heterocycles. The first-order chi connectivity index (χ1) is 6.06. The van der Waals surface area contributed by atoms with Gasteiger partial charge in [-0.15, -0.1) is 6.58 Å². The Hall–Kier alpha value is -0.300. The zero-order valence-corrected chi connectivity index (χ0v) is 9.10. The molecule has 0 aliphatic heterocycles. The summed E-state index contributed by atoms with van der Waals surface area (Å²) in [7, 11) is 0. The van der Waals surface area contributed by atoms with Crippen LogP contribution in [-0.2, 0) is 0 Å². The van der Waals surface area contributed by atoms with Crippen LogP contribution >= 0.6 is 0 Å². The molecule has 0 spiro atoms. The molecule has 1 fully saturated rings. The molecule has 13 heavy (non-hydrogen) atoms. The SMILES string of the molecule is C=C(C)CC1(N)CCCC(CC)C1. The van der Waals surface area contributed by atoms with Gasteiger partial charge in [-0.05, 0) is 32.1 Å². The first-order valence-electron chi connectivity index (χ1n) is 5.49. The smallest absolute Gasteiger partial charge is 0.0194 e. The molecule has 2 unspecified atom stereocenters. The van der Waals surface area contributed by atoms with E-state index in [4.69, 9.17) is 5.73 Å². The van der Waals surface area contributed by atoms with Gasteiger partial charge in [0.1, 0.15) is 0 Å². The molecule has 1 nitrogen and oxygen atoms in total. The van der Waals surface area contributed by atoms with Crippen LogP contribution in [0.2, 0.25) is 0 Å². The van der Waals surface area contributed by atoms with Crippen LogP contribution < -0.4 is 5.73 Å². The number of hydrogen-bond donors (Lipinski definition) is 1. The van der Waals surface area contributed by atoms with E-state index < -0.39 is 0 Å². The fraction of sp³-hybridized carbons (Fsp3) is 0.833. The maximum absolute atomic E-state index is 6.37. The normalized spacial score (nSPS) is 34.5. The largest absolute Gasteiger partial charge is 0.325 e. The van der Waals surface area contributed by atoms with Crippen LogP contribution in [0.3, 0.4) is 0 Å². The maximum Gasteiger partial charge on any atom is 0.0194 e. The molecule has 0 amide bonds. The quantitative estimate of drug-likeness (QED) is 0.664. The van der Waals surface area contributed by atoms with Gasteiger partial charge in [0.15, 0.2) is 0 Å². The van der Waals surface area contributed by atoms with Gasteiger partial charge in [-0.2, -0.15) is 0 Å². The Kier molecular flexibility index (Phi) is 3.55. The highest BCUT2D eigenvalue weighted by Gasteiger charge is 2.31. The molecule has 1 rings (SSSR count). The highest BCUT2D eigenvalue weighted by molar-refractivity contribution is 5.02. The molecule has 0 bridgehead atoms. The lowest BCUT2D eigenvalue weighted by atomic mass is 9.73. The van der Waals surface area contributed by atoms with Gasteiger partial charge in [0.2, 0.25) is 0 Å². The van der Waals surface area contributed by atoms with Crippen LogP contribution in [0.4, 0.5) is 0 Å². The third-order valence-corrected chi connectivity index (χ3v) is 3.21. The van der Waals surface area contributed by atoms with E-state index in [1.54, 1.807) is 0 Å². The van der Waals surface area contributed by atoms with Crippen molar-refractivity contribution in [3.63, 3.8) is 0 Å². The van der Waals surface area contributed by atoms with Crippen molar-refractivity contribution < 1.29 is 0 Å². The van der Waals surface area contributed by atoms with Crippen molar-refractivity contribution in [1.82, 2.24) is 0 Å². The van der Waals surface area contributed by atoms with Gasteiger partial charge in [0.05, 0.1) is 0 Å². The molecule has 2 atom stereocenters. The lowest BCUT2D eigenvalue weighted by Crippen LogP contribution is -2.44. The van der Waals surface area contributed by atoms with Crippen LogP contribution in [0.15, 0.2) is 12.2 Å². The minimum atomic E-state index is 0.0742. The third-order valence-electron chi connectivity index (χ3n) is 3.21. The Bertz CT molecular complexity index is 186. The molecule has 0 radical (unpaired) electrons. The zero-order chi connectivity index (χ0) is 9.90. The Morgan fingerprint density at radius 3 is 2.85 bits per heavy atom. The fourth-order valence-electron chi connectivity index (χ4n) is 2.63. The molecule has 0 aromatic rings. The minimum absolute atomic E-state index is 0.0742. The van der Waals surface area contributed by atoms with Crippen molar-refractivity contribution in [3.05, 3.63) is 12.2 Å². The molecule has 0 saturated heterocycles. The maximum atomic E-state index is 6.37. The van der Waals surface area contributed by atoms with E-state index in [0.717, 1.165) is 12.3 Å². The number of hydrogen-bond acceptors (Lipinski definition) is 1. The molecular weight excluding hydrogens is 158 g/mol. The van der Waals surface area contributed by atoms with Gasteiger partial charge < -0.3 is 5.73 Å². The predicted octanol–water partition coefficient (Wildman–Crippen LogP) is 3.25. The van der Waals surface area contributed by atoms with Gasteiger partial charge >= 0.3 is 0 Å². The van der Waals surface area contributed by atoms with E-state index >= 15 is 0 Å². The summed E-state index contributed by atoms with van der Waals surface area (Å²) in [5, 5.41) is 0. The van der Waals surface area contributed by atoms with Gasteiger partial charge in [0, 0.05) is 5.54 Å². The summed E-state index contributed by atoms with van der Waals surface area (Å²) >= 11 is 0. The Balaban J connectivity index is 2.51. The van der Waals surface area contributed by atoms with Gasteiger partial charge in [-0.1, -0.05) is 31.8 Å². The average molecular weight is 181 g/mol. The van der Waals surface area contributed by atoms with Crippen LogP contribution in [-0.4, -0.2) is 5.54 Å². The molecule has 1 aliphatic carbocycles. The first-order valence-corrected chi connectivity index (χ1v) is 5.49. The third kappa shape index (κ3) is 3.15. The van der Waals surface area contributed by atoms with Crippen LogP contribution in [0.5, 0.6) is 0 Å². The summed E-state index contributed by atoms with van der Waals surface area (Å²) in [6.07, 6.45) is 7.39. The second-order valence-corrected chi connectivity index (χ2v) is 4.87. The van der Waals surface area contributed by atoms with Crippen LogP contribution in [0, 0.1) is 5.92 Å².